The zero-order valence-corrected chi connectivity index (χ0v) is 11.9. The van der Waals surface area contributed by atoms with Crippen LogP contribution in [0.15, 0.2) is 0 Å². The maximum absolute atomic E-state index is 12.0. The summed E-state index contributed by atoms with van der Waals surface area (Å²) in [5, 5.41) is 11.9. The third kappa shape index (κ3) is 2.98. The number of likely N-dealkylation sites (N-methyl/N-ethyl adjacent to an activating group) is 1. The summed E-state index contributed by atoms with van der Waals surface area (Å²) in [6, 6.07) is -0.539. The average Bonchev–Trinajstić information content (AvgIpc) is 2.66. The lowest BCUT2D eigenvalue weighted by Crippen LogP contribution is -2.57. The Kier molecular flexibility index (Phi) is 4.15. The Morgan fingerprint density at radius 3 is 2.33 bits per heavy atom. The van der Waals surface area contributed by atoms with Gasteiger partial charge in [-0.25, -0.2) is 9.59 Å². The molecule has 21 heavy (non-hydrogen) atoms. The summed E-state index contributed by atoms with van der Waals surface area (Å²) in [5.74, 6) is -2.13. The molecule has 1 aliphatic heterocycles. The first-order chi connectivity index (χ1) is 9.85. The first-order valence-electron chi connectivity index (χ1n) is 6.95. The maximum atomic E-state index is 12.0. The number of imide groups is 1. The minimum atomic E-state index is -1.27. The van der Waals surface area contributed by atoms with E-state index in [2.05, 4.69) is 5.32 Å². The van der Waals surface area contributed by atoms with Crippen LogP contribution in [0.3, 0.4) is 0 Å². The van der Waals surface area contributed by atoms with E-state index in [1.54, 1.807) is 0 Å². The molecule has 2 rings (SSSR count). The van der Waals surface area contributed by atoms with E-state index in [4.69, 9.17) is 0 Å². The Hall–Kier alpha value is -2.12. The highest BCUT2D eigenvalue weighted by Crippen LogP contribution is 2.28. The normalized spacial score (nSPS) is 21.6. The van der Waals surface area contributed by atoms with Crippen molar-refractivity contribution >= 4 is 23.8 Å². The number of carbonyl (C=O) groups excluding carboxylic acids is 3. The van der Waals surface area contributed by atoms with Crippen molar-refractivity contribution in [1.29, 1.82) is 0 Å². The predicted molar refractivity (Wildman–Crippen MR) is 71.3 cm³/mol. The van der Waals surface area contributed by atoms with Crippen molar-refractivity contribution in [2.75, 3.05) is 20.1 Å². The number of nitrogens with one attached hydrogen (secondary N) is 1. The second kappa shape index (κ2) is 5.71. The van der Waals surface area contributed by atoms with Gasteiger partial charge >= 0.3 is 12.0 Å². The molecule has 0 aromatic rings. The number of urea groups is 1. The predicted octanol–water partition coefficient (Wildman–Crippen LogP) is -0.216. The van der Waals surface area contributed by atoms with Crippen LogP contribution in [-0.2, 0) is 14.4 Å². The van der Waals surface area contributed by atoms with Gasteiger partial charge in [0.05, 0.1) is 0 Å². The molecule has 0 spiro atoms. The Morgan fingerprint density at radius 2 is 1.86 bits per heavy atom. The summed E-state index contributed by atoms with van der Waals surface area (Å²) in [5.41, 5.74) is -1.27. The highest BCUT2D eigenvalue weighted by atomic mass is 16.4. The van der Waals surface area contributed by atoms with Gasteiger partial charge in [0.1, 0.15) is 18.6 Å². The first kappa shape index (κ1) is 15.3. The van der Waals surface area contributed by atoms with Crippen LogP contribution in [-0.4, -0.2) is 64.4 Å². The van der Waals surface area contributed by atoms with Crippen molar-refractivity contribution in [3.05, 3.63) is 0 Å². The molecular formula is C13H19N3O5. The molecular weight excluding hydrogens is 278 g/mol. The summed E-state index contributed by atoms with van der Waals surface area (Å²) in [4.78, 5) is 48.8. The average molecular weight is 297 g/mol. The molecule has 8 nitrogen and oxygen atoms in total. The van der Waals surface area contributed by atoms with Crippen LogP contribution in [0.2, 0.25) is 0 Å². The second-order valence-electron chi connectivity index (χ2n) is 5.61. The zero-order valence-electron chi connectivity index (χ0n) is 11.9. The number of amides is 4. The molecule has 4 amide bonds. The summed E-state index contributed by atoms with van der Waals surface area (Å²) in [6.45, 7) is -0.493. The molecule has 0 bridgehead atoms. The SMILES string of the molecule is CN1CC(=O)N(CC(=O)NC2(C(=O)O)CCCCC2)C1=O. The quantitative estimate of drug-likeness (QED) is 0.698. The molecule has 0 unspecified atom stereocenters. The Bertz CT molecular complexity index is 484. The highest BCUT2D eigenvalue weighted by Gasteiger charge is 2.42. The Labute approximate surface area is 122 Å². The van der Waals surface area contributed by atoms with Gasteiger partial charge in [-0.15, -0.1) is 0 Å². The summed E-state index contributed by atoms with van der Waals surface area (Å²) in [7, 11) is 1.47. The molecule has 1 saturated carbocycles. The fourth-order valence-corrected chi connectivity index (χ4v) is 2.82. The van der Waals surface area contributed by atoms with Crippen molar-refractivity contribution in [3.8, 4) is 0 Å². The fourth-order valence-electron chi connectivity index (χ4n) is 2.82. The van der Waals surface area contributed by atoms with Gasteiger partial charge in [0.25, 0.3) is 5.91 Å². The standard InChI is InChI=1S/C13H19N3O5/c1-15-8-10(18)16(12(15)21)7-9(17)14-13(11(19)20)5-3-2-4-6-13/h2-8H2,1H3,(H,14,17)(H,19,20). The van der Waals surface area contributed by atoms with Crippen LogP contribution in [0.5, 0.6) is 0 Å². The number of carbonyl (C=O) groups is 4. The Morgan fingerprint density at radius 1 is 1.24 bits per heavy atom. The summed E-state index contributed by atoms with van der Waals surface area (Å²) >= 11 is 0. The number of carboxylic acids is 1. The number of aliphatic carboxylic acids is 1. The molecule has 2 aliphatic rings. The topological polar surface area (TPSA) is 107 Å². The van der Waals surface area contributed by atoms with Crippen molar-refractivity contribution in [1.82, 2.24) is 15.1 Å². The smallest absolute Gasteiger partial charge is 0.329 e. The molecule has 0 atom stereocenters. The van der Waals surface area contributed by atoms with Gasteiger partial charge in [-0.2, -0.15) is 0 Å². The van der Waals surface area contributed by atoms with Crippen LogP contribution in [0, 0.1) is 0 Å². The third-order valence-electron chi connectivity index (χ3n) is 4.03. The van der Waals surface area contributed by atoms with Gasteiger partial charge in [0.15, 0.2) is 0 Å². The molecule has 2 fully saturated rings. The van der Waals surface area contributed by atoms with Crippen molar-refractivity contribution in [2.24, 2.45) is 0 Å². The highest BCUT2D eigenvalue weighted by molar-refractivity contribution is 6.04. The van der Waals surface area contributed by atoms with Crippen molar-refractivity contribution in [3.63, 3.8) is 0 Å². The van der Waals surface area contributed by atoms with E-state index < -0.39 is 35.9 Å². The molecule has 1 heterocycles. The van der Waals surface area contributed by atoms with Gasteiger partial charge in [0, 0.05) is 7.05 Å². The number of carboxylic acid groups (broad SMARTS) is 1. The van der Waals surface area contributed by atoms with E-state index in [1.165, 1.54) is 11.9 Å². The number of hydrogen-bond donors (Lipinski definition) is 2. The molecule has 0 aromatic carbocycles. The van der Waals surface area contributed by atoms with Crippen LogP contribution < -0.4 is 5.32 Å². The van der Waals surface area contributed by atoms with Gasteiger partial charge < -0.3 is 15.3 Å². The first-order valence-corrected chi connectivity index (χ1v) is 6.95. The van der Waals surface area contributed by atoms with Crippen molar-refractivity contribution < 1.29 is 24.3 Å². The van der Waals surface area contributed by atoms with Gasteiger partial charge in [0.2, 0.25) is 5.91 Å². The number of hydrogen-bond acceptors (Lipinski definition) is 4. The molecule has 116 valence electrons. The van der Waals surface area contributed by atoms with Gasteiger partial charge in [-0.1, -0.05) is 19.3 Å². The minimum Gasteiger partial charge on any atom is -0.480 e. The number of rotatable bonds is 4. The van der Waals surface area contributed by atoms with Crippen molar-refractivity contribution in [2.45, 2.75) is 37.6 Å². The number of nitrogens with zero attached hydrogens (tertiary/aromatic N) is 2. The van der Waals surface area contributed by atoms with Crippen LogP contribution in [0.25, 0.3) is 0 Å². The molecule has 8 heteroatoms. The molecule has 0 radical (unpaired) electrons. The summed E-state index contributed by atoms with van der Waals surface area (Å²) < 4.78 is 0. The van der Waals surface area contributed by atoms with Crippen LogP contribution >= 0.6 is 0 Å². The molecule has 1 saturated heterocycles. The Balaban J connectivity index is 2.02. The van der Waals surface area contributed by atoms with E-state index in [1.807, 2.05) is 0 Å². The minimum absolute atomic E-state index is 0.0593. The van der Waals surface area contributed by atoms with Crippen LogP contribution in [0.1, 0.15) is 32.1 Å². The van der Waals surface area contributed by atoms with E-state index >= 15 is 0 Å². The zero-order chi connectivity index (χ0) is 15.6. The van der Waals surface area contributed by atoms with E-state index in [-0.39, 0.29) is 6.54 Å². The van der Waals surface area contributed by atoms with E-state index in [9.17, 15) is 24.3 Å². The van der Waals surface area contributed by atoms with Crippen LogP contribution in [0.4, 0.5) is 4.79 Å². The monoisotopic (exact) mass is 297 g/mol. The molecule has 1 aliphatic carbocycles. The fraction of sp³-hybridized carbons (Fsp3) is 0.692. The van der Waals surface area contributed by atoms with E-state index in [0.717, 1.165) is 24.2 Å². The second-order valence-corrected chi connectivity index (χ2v) is 5.61. The third-order valence-corrected chi connectivity index (χ3v) is 4.03. The maximum Gasteiger partial charge on any atom is 0.329 e. The lowest BCUT2D eigenvalue weighted by Gasteiger charge is -2.34. The lowest BCUT2D eigenvalue weighted by molar-refractivity contribution is -0.149. The lowest BCUT2D eigenvalue weighted by atomic mass is 9.81. The van der Waals surface area contributed by atoms with Gasteiger partial charge in [-0.3, -0.25) is 14.5 Å². The van der Waals surface area contributed by atoms with E-state index in [0.29, 0.717) is 12.8 Å². The van der Waals surface area contributed by atoms with Gasteiger partial charge in [-0.05, 0) is 12.8 Å². The summed E-state index contributed by atoms with van der Waals surface area (Å²) in [6.07, 6.45) is 3.15. The largest absolute Gasteiger partial charge is 0.480 e. The molecule has 0 aromatic heterocycles. The molecule has 2 N–H and O–H groups in total.